The van der Waals surface area contributed by atoms with E-state index in [9.17, 15) is 0 Å². The van der Waals surface area contributed by atoms with Crippen LogP contribution in [0.4, 0.5) is 0 Å². The summed E-state index contributed by atoms with van der Waals surface area (Å²) in [6, 6.07) is 8.16. The lowest BCUT2D eigenvalue weighted by Crippen LogP contribution is -2.37. The van der Waals surface area contributed by atoms with Crippen molar-refractivity contribution in [2.75, 3.05) is 26.8 Å². The smallest absolute Gasteiger partial charge is 0.118 e. The summed E-state index contributed by atoms with van der Waals surface area (Å²) < 4.78 is 5.15. The van der Waals surface area contributed by atoms with Crippen LogP contribution >= 0.6 is 0 Å². The number of hydrogen-bond donors (Lipinski definition) is 1. The molecule has 1 saturated heterocycles. The summed E-state index contributed by atoms with van der Waals surface area (Å²) in [4.78, 5) is 5.66. The Kier molecular flexibility index (Phi) is 4.36. The predicted octanol–water partition coefficient (Wildman–Crippen LogP) is 1.72. The van der Waals surface area contributed by atoms with Crippen molar-refractivity contribution in [3.05, 3.63) is 29.8 Å². The molecule has 0 bridgehead atoms. The Labute approximate surface area is 102 Å². The highest BCUT2D eigenvalue weighted by Crippen LogP contribution is 2.24. The minimum atomic E-state index is 0.140. The average molecular weight is 236 g/mol. The second-order valence-corrected chi connectivity index (χ2v) is 4.21. The van der Waals surface area contributed by atoms with E-state index in [0.717, 1.165) is 25.3 Å². The van der Waals surface area contributed by atoms with Crippen molar-refractivity contribution in [1.82, 2.24) is 5.06 Å². The van der Waals surface area contributed by atoms with Crippen molar-refractivity contribution in [2.24, 2.45) is 5.73 Å². The van der Waals surface area contributed by atoms with Crippen molar-refractivity contribution in [3.63, 3.8) is 0 Å². The number of hydrogen-bond acceptors (Lipinski definition) is 4. The van der Waals surface area contributed by atoms with Gasteiger partial charge in [-0.2, -0.15) is 5.06 Å². The average Bonchev–Trinajstić information content (AvgIpc) is 2.42. The van der Waals surface area contributed by atoms with Crippen LogP contribution in [0.3, 0.4) is 0 Å². The second kappa shape index (κ2) is 6.00. The molecule has 0 aromatic heterocycles. The lowest BCUT2D eigenvalue weighted by Gasteiger charge is -2.33. The normalized spacial score (nSPS) is 18.9. The molecule has 1 atom stereocenters. The highest BCUT2D eigenvalue weighted by atomic mass is 16.7. The summed E-state index contributed by atoms with van der Waals surface area (Å²) in [6.45, 7) is 2.31. The highest BCUT2D eigenvalue weighted by molar-refractivity contribution is 5.29. The molecule has 0 saturated carbocycles. The van der Waals surface area contributed by atoms with Crippen LogP contribution in [0, 0.1) is 0 Å². The molecule has 1 fully saturated rings. The van der Waals surface area contributed by atoms with Gasteiger partial charge in [-0.1, -0.05) is 12.1 Å². The van der Waals surface area contributed by atoms with E-state index in [0.29, 0.717) is 6.54 Å². The van der Waals surface area contributed by atoms with E-state index in [-0.39, 0.29) is 6.04 Å². The van der Waals surface area contributed by atoms with Crippen molar-refractivity contribution < 1.29 is 9.57 Å². The molecule has 0 radical (unpaired) electrons. The summed E-state index contributed by atoms with van der Waals surface area (Å²) in [5, 5.41) is 2.01. The molecule has 1 aromatic rings. The first-order chi connectivity index (χ1) is 8.35. The summed E-state index contributed by atoms with van der Waals surface area (Å²) in [7, 11) is 1.67. The summed E-state index contributed by atoms with van der Waals surface area (Å²) in [6.07, 6.45) is 2.31. The van der Waals surface area contributed by atoms with Crippen LogP contribution in [0.15, 0.2) is 24.3 Å². The second-order valence-electron chi connectivity index (χ2n) is 4.21. The summed E-state index contributed by atoms with van der Waals surface area (Å²) in [5.74, 6) is 0.865. The van der Waals surface area contributed by atoms with Crippen molar-refractivity contribution >= 4 is 0 Å². The van der Waals surface area contributed by atoms with Gasteiger partial charge < -0.3 is 10.5 Å². The molecule has 1 aliphatic heterocycles. The van der Waals surface area contributed by atoms with Crippen molar-refractivity contribution in [2.45, 2.75) is 18.9 Å². The van der Waals surface area contributed by atoms with Crippen molar-refractivity contribution in [3.8, 4) is 5.75 Å². The molecule has 0 amide bonds. The van der Waals surface area contributed by atoms with E-state index in [1.165, 1.54) is 12.0 Å². The fraction of sp³-hybridized carbons (Fsp3) is 0.538. The third kappa shape index (κ3) is 2.97. The Bertz CT molecular complexity index is 334. The lowest BCUT2D eigenvalue weighted by molar-refractivity contribution is -0.206. The first kappa shape index (κ1) is 12.4. The molecule has 2 rings (SSSR count). The van der Waals surface area contributed by atoms with E-state index in [1.807, 2.05) is 29.3 Å². The molecule has 4 heteroatoms. The molecule has 2 N–H and O–H groups in total. The number of nitrogens with zero attached hydrogens (tertiary/aromatic N) is 1. The number of ether oxygens (including phenoxy) is 1. The zero-order valence-corrected chi connectivity index (χ0v) is 10.3. The predicted molar refractivity (Wildman–Crippen MR) is 66.7 cm³/mol. The Balaban J connectivity index is 2.10. The monoisotopic (exact) mass is 236 g/mol. The van der Waals surface area contributed by atoms with E-state index in [1.54, 1.807) is 7.11 Å². The quantitative estimate of drug-likeness (QED) is 0.864. The largest absolute Gasteiger partial charge is 0.497 e. The molecule has 4 nitrogen and oxygen atoms in total. The molecule has 17 heavy (non-hydrogen) atoms. The molecule has 1 heterocycles. The van der Waals surface area contributed by atoms with E-state index in [2.05, 4.69) is 0 Å². The van der Waals surface area contributed by atoms with Gasteiger partial charge in [-0.25, -0.2) is 0 Å². The Morgan fingerprint density at radius 2 is 2.12 bits per heavy atom. The zero-order chi connectivity index (χ0) is 12.1. The number of benzene rings is 1. The van der Waals surface area contributed by atoms with Gasteiger partial charge in [0.15, 0.2) is 0 Å². The molecule has 0 aliphatic carbocycles. The minimum absolute atomic E-state index is 0.140. The van der Waals surface area contributed by atoms with Crippen LogP contribution in [0.2, 0.25) is 0 Å². The van der Waals surface area contributed by atoms with Gasteiger partial charge >= 0.3 is 0 Å². The fourth-order valence-corrected chi connectivity index (χ4v) is 2.11. The van der Waals surface area contributed by atoms with Crippen molar-refractivity contribution in [1.29, 1.82) is 0 Å². The maximum atomic E-state index is 5.85. The van der Waals surface area contributed by atoms with E-state index in [4.69, 9.17) is 15.3 Å². The van der Waals surface area contributed by atoms with Crippen LogP contribution in [0.25, 0.3) is 0 Å². The fourth-order valence-electron chi connectivity index (χ4n) is 2.11. The molecular formula is C13H20N2O2. The summed E-state index contributed by atoms with van der Waals surface area (Å²) >= 11 is 0. The van der Waals surface area contributed by atoms with Gasteiger partial charge in [-0.3, -0.25) is 4.84 Å². The van der Waals surface area contributed by atoms with Gasteiger partial charge in [0.25, 0.3) is 0 Å². The number of nitrogens with two attached hydrogens (primary N) is 1. The number of rotatable bonds is 4. The molecule has 1 unspecified atom stereocenters. The Morgan fingerprint density at radius 3 is 2.65 bits per heavy atom. The minimum Gasteiger partial charge on any atom is -0.497 e. The third-order valence-electron chi connectivity index (χ3n) is 3.10. The SMILES string of the molecule is COc1ccc(C(CN)N2CCCCO2)cc1. The van der Waals surface area contributed by atoms with Crippen LogP contribution in [0.5, 0.6) is 5.75 Å². The van der Waals surface area contributed by atoms with E-state index < -0.39 is 0 Å². The number of hydroxylamine groups is 2. The molecule has 0 spiro atoms. The maximum absolute atomic E-state index is 5.85. The first-order valence-electron chi connectivity index (χ1n) is 6.08. The van der Waals surface area contributed by atoms with Gasteiger partial charge in [-0.05, 0) is 30.5 Å². The van der Waals surface area contributed by atoms with Gasteiger partial charge in [0.2, 0.25) is 0 Å². The topological polar surface area (TPSA) is 47.7 Å². The molecule has 1 aromatic carbocycles. The first-order valence-corrected chi connectivity index (χ1v) is 6.08. The maximum Gasteiger partial charge on any atom is 0.118 e. The van der Waals surface area contributed by atoms with Gasteiger partial charge in [0.05, 0.1) is 19.8 Å². The van der Waals surface area contributed by atoms with E-state index >= 15 is 0 Å². The van der Waals surface area contributed by atoms with Crippen LogP contribution < -0.4 is 10.5 Å². The zero-order valence-electron chi connectivity index (χ0n) is 10.3. The standard InChI is InChI=1S/C13H20N2O2/c1-16-12-6-4-11(5-7-12)13(10-14)15-8-2-3-9-17-15/h4-7,13H,2-3,8-10,14H2,1H3. The van der Waals surface area contributed by atoms with Crippen LogP contribution in [-0.2, 0) is 4.84 Å². The van der Waals surface area contributed by atoms with Gasteiger partial charge in [0, 0.05) is 13.1 Å². The van der Waals surface area contributed by atoms with Crippen LogP contribution in [0.1, 0.15) is 24.4 Å². The van der Waals surface area contributed by atoms with Crippen LogP contribution in [-0.4, -0.2) is 31.9 Å². The number of methoxy groups -OCH3 is 1. The lowest BCUT2D eigenvalue weighted by atomic mass is 10.1. The molecule has 1 aliphatic rings. The van der Waals surface area contributed by atoms with Gasteiger partial charge in [0.1, 0.15) is 5.75 Å². The highest BCUT2D eigenvalue weighted by Gasteiger charge is 2.22. The molecule has 94 valence electrons. The van der Waals surface area contributed by atoms with Gasteiger partial charge in [-0.15, -0.1) is 0 Å². The summed E-state index contributed by atoms with van der Waals surface area (Å²) in [5.41, 5.74) is 7.03. The Hall–Kier alpha value is -1.10. The Morgan fingerprint density at radius 1 is 1.35 bits per heavy atom. The molecular weight excluding hydrogens is 216 g/mol. The third-order valence-corrected chi connectivity index (χ3v) is 3.10.